The summed E-state index contributed by atoms with van der Waals surface area (Å²) < 4.78 is 68.9. The Morgan fingerprint density at radius 1 is 1.06 bits per heavy atom. The van der Waals surface area contributed by atoms with Crippen LogP contribution in [0.4, 0.5) is 18.9 Å². The van der Waals surface area contributed by atoms with E-state index in [1.165, 1.54) is 54.6 Å². The summed E-state index contributed by atoms with van der Waals surface area (Å²) in [4.78, 5) is 11.2. The van der Waals surface area contributed by atoms with Crippen molar-refractivity contribution in [1.82, 2.24) is 0 Å². The van der Waals surface area contributed by atoms with E-state index in [2.05, 4.69) is 5.32 Å². The summed E-state index contributed by atoms with van der Waals surface area (Å²) in [6, 6.07) is 15.9. The highest BCUT2D eigenvalue weighted by atomic mass is 35.5. The summed E-state index contributed by atoms with van der Waals surface area (Å²) in [7, 11) is -4.30. The molecule has 0 radical (unpaired) electrons. The van der Waals surface area contributed by atoms with E-state index in [1.54, 1.807) is 0 Å². The molecule has 11 heteroatoms. The molecular weight excluding hydrogens is 491 g/mol. The van der Waals surface area contributed by atoms with Crippen molar-refractivity contribution in [2.45, 2.75) is 22.9 Å². The number of hydrogen-bond acceptors (Lipinski definition) is 5. The lowest BCUT2D eigenvalue weighted by Crippen LogP contribution is -2.25. The molecule has 1 amide bonds. The van der Waals surface area contributed by atoms with Crippen molar-refractivity contribution in [3.8, 4) is 6.07 Å². The normalized spacial score (nSPS) is 12.6. The molecule has 0 aliphatic rings. The monoisotopic (exact) mass is 507 g/mol. The van der Waals surface area contributed by atoms with Crippen LogP contribution in [0, 0.1) is 11.3 Å². The third-order valence-electron chi connectivity index (χ3n) is 4.88. The fourth-order valence-electron chi connectivity index (χ4n) is 3.36. The molecule has 0 spiro atoms. The summed E-state index contributed by atoms with van der Waals surface area (Å²) >= 11 is 5.85. The number of amides is 1. The highest BCUT2D eigenvalue weighted by molar-refractivity contribution is 7.91. The molecule has 3 N–H and O–H groups in total. The highest BCUT2D eigenvalue weighted by Gasteiger charge is 2.38. The molecule has 0 fully saturated rings. The number of hydrogen-bond donors (Lipinski definition) is 2. The van der Waals surface area contributed by atoms with E-state index < -0.39 is 50.5 Å². The number of primary amides is 1. The van der Waals surface area contributed by atoms with Gasteiger partial charge >= 0.3 is 6.18 Å². The topological polar surface area (TPSA) is 113 Å². The lowest BCUT2D eigenvalue weighted by molar-refractivity contribution is -0.137. The minimum atomic E-state index is -4.91. The average Bonchev–Trinajstić information content (AvgIpc) is 2.76. The second-order valence-corrected chi connectivity index (χ2v) is 9.71. The lowest BCUT2D eigenvalue weighted by Gasteiger charge is -2.24. The van der Waals surface area contributed by atoms with Crippen LogP contribution in [0.2, 0.25) is 5.02 Å². The van der Waals surface area contributed by atoms with Crippen LogP contribution in [0.15, 0.2) is 71.6 Å². The van der Waals surface area contributed by atoms with Crippen LogP contribution in [0.1, 0.15) is 27.6 Å². The van der Waals surface area contributed by atoms with Gasteiger partial charge in [0.05, 0.1) is 28.5 Å². The van der Waals surface area contributed by atoms with Crippen molar-refractivity contribution in [3.05, 3.63) is 94.0 Å². The van der Waals surface area contributed by atoms with Crippen molar-refractivity contribution >= 4 is 33.0 Å². The van der Waals surface area contributed by atoms with E-state index >= 15 is 0 Å². The quantitative estimate of drug-likeness (QED) is 0.475. The zero-order chi connectivity index (χ0) is 25.1. The molecule has 1 atom stereocenters. The Morgan fingerprint density at radius 3 is 2.21 bits per heavy atom. The molecule has 0 aromatic heterocycles. The molecule has 176 valence electrons. The molecule has 34 heavy (non-hydrogen) atoms. The van der Waals surface area contributed by atoms with Crippen LogP contribution in [0.5, 0.6) is 0 Å². The number of sulfone groups is 1. The van der Waals surface area contributed by atoms with Crippen LogP contribution >= 0.6 is 11.6 Å². The highest BCUT2D eigenvalue weighted by Crippen LogP contribution is 2.40. The van der Waals surface area contributed by atoms with Gasteiger partial charge in [-0.3, -0.25) is 4.79 Å². The molecule has 1 unspecified atom stereocenters. The van der Waals surface area contributed by atoms with Gasteiger partial charge in [-0.15, -0.1) is 0 Å². The maximum atomic E-state index is 14.0. The minimum Gasteiger partial charge on any atom is -0.369 e. The fraction of sp³-hybridized carbons (Fsp3) is 0.130. The number of benzene rings is 3. The van der Waals surface area contributed by atoms with Gasteiger partial charge in [-0.25, -0.2) is 8.42 Å². The fourth-order valence-corrected chi connectivity index (χ4v) is 5.08. The van der Waals surface area contributed by atoms with Crippen LogP contribution in [0.3, 0.4) is 0 Å². The van der Waals surface area contributed by atoms with E-state index in [0.29, 0.717) is 0 Å². The Bertz CT molecular complexity index is 1350. The van der Waals surface area contributed by atoms with Gasteiger partial charge in [0.1, 0.15) is 0 Å². The maximum Gasteiger partial charge on any atom is 0.418 e. The molecule has 0 aliphatic heterocycles. The molecule has 6 nitrogen and oxygen atoms in total. The first kappa shape index (κ1) is 25.1. The second kappa shape index (κ2) is 9.75. The lowest BCUT2D eigenvalue weighted by atomic mass is 10.0. The zero-order valence-corrected chi connectivity index (χ0v) is 18.9. The predicted molar refractivity (Wildman–Crippen MR) is 121 cm³/mol. The number of alkyl halides is 3. The van der Waals surface area contributed by atoms with E-state index in [1.807, 2.05) is 6.07 Å². The molecule has 0 bridgehead atoms. The summed E-state index contributed by atoms with van der Waals surface area (Å²) in [5, 5.41) is 10.2. The number of nitriles is 1. The first-order chi connectivity index (χ1) is 15.9. The minimum absolute atomic E-state index is 0.0994. The Balaban J connectivity index is 2.20. The largest absolute Gasteiger partial charge is 0.418 e. The van der Waals surface area contributed by atoms with Crippen LogP contribution in [0.25, 0.3) is 0 Å². The number of rotatable bonds is 7. The molecule has 3 rings (SSSR count). The van der Waals surface area contributed by atoms with E-state index in [0.717, 1.165) is 12.1 Å². The van der Waals surface area contributed by atoms with Gasteiger partial charge in [-0.1, -0.05) is 35.9 Å². The van der Waals surface area contributed by atoms with Gasteiger partial charge < -0.3 is 11.1 Å². The second-order valence-electron chi connectivity index (χ2n) is 7.24. The van der Waals surface area contributed by atoms with Crippen molar-refractivity contribution in [1.29, 1.82) is 5.26 Å². The van der Waals surface area contributed by atoms with Gasteiger partial charge in [0, 0.05) is 10.7 Å². The summed E-state index contributed by atoms with van der Waals surface area (Å²) in [5.41, 5.74) is 3.31. The summed E-state index contributed by atoms with van der Waals surface area (Å²) in [6.07, 6.45) is -5.59. The number of halogens is 4. The number of nitrogens with zero attached hydrogens (tertiary/aromatic N) is 1. The summed E-state index contributed by atoms with van der Waals surface area (Å²) in [5.74, 6) is -0.972. The molecule has 0 saturated heterocycles. The molecule has 0 heterocycles. The number of carbonyl (C=O) groups is 1. The smallest absolute Gasteiger partial charge is 0.369 e. The third kappa shape index (κ3) is 5.50. The van der Waals surface area contributed by atoms with Crippen LogP contribution < -0.4 is 11.1 Å². The molecule has 0 saturated carbocycles. The van der Waals surface area contributed by atoms with Gasteiger partial charge in [-0.05, 0) is 53.6 Å². The molecule has 0 aliphatic carbocycles. The molecular formula is C23H17ClF3N3O3S. The third-order valence-corrected chi connectivity index (χ3v) is 7.07. The number of carbonyl (C=O) groups excluding carboxylic acids is 1. The number of nitrogens with two attached hydrogens (primary N) is 1. The SMILES string of the molecule is N#Cc1ccc(C(Nc2cccc(CC(N)=O)c2C(F)(F)F)S(=O)(=O)c2ccc(Cl)cc2)cc1. The van der Waals surface area contributed by atoms with Gasteiger partial charge in [-0.2, -0.15) is 18.4 Å². The van der Waals surface area contributed by atoms with Crippen molar-refractivity contribution in [3.63, 3.8) is 0 Å². The Morgan fingerprint density at radius 2 is 1.68 bits per heavy atom. The first-order valence-electron chi connectivity index (χ1n) is 9.67. The molecule has 3 aromatic rings. The van der Waals surface area contributed by atoms with Crippen LogP contribution in [-0.2, 0) is 27.2 Å². The van der Waals surface area contributed by atoms with Gasteiger partial charge in [0.2, 0.25) is 15.7 Å². The maximum absolute atomic E-state index is 14.0. The number of nitrogens with one attached hydrogen (secondary N) is 1. The van der Waals surface area contributed by atoms with Gasteiger partial charge in [0.25, 0.3) is 0 Å². The first-order valence-corrected chi connectivity index (χ1v) is 11.6. The predicted octanol–water partition coefficient (Wildman–Crippen LogP) is 4.84. The average molecular weight is 508 g/mol. The van der Waals surface area contributed by atoms with E-state index in [4.69, 9.17) is 22.6 Å². The van der Waals surface area contributed by atoms with Crippen LogP contribution in [-0.4, -0.2) is 14.3 Å². The van der Waals surface area contributed by atoms with Crippen molar-refractivity contribution < 1.29 is 26.4 Å². The molecule has 3 aromatic carbocycles. The van der Waals surface area contributed by atoms with E-state index in [9.17, 15) is 26.4 Å². The van der Waals surface area contributed by atoms with Gasteiger partial charge in [0.15, 0.2) is 5.37 Å². The summed E-state index contributed by atoms with van der Waals surface area (Å²) in [6.45, 7) is 0. The zero-order valence-electron chi connectivity index (χ0n) is 17.3. The Kier molecular flexibility index (Phi) is 7.19. The van der Waals surface area contributed by atoms with Crippen molar-refractivity contribution in [2.24, 2.45) is 5.73 Å². The Labute approximate surface area is 198 Å². The number of anilines is 1. The van der Waals surface area contributed by atoms with E-state index in [-0.39, 0.29) is 21.0 Å². The Hall–Kier alpha value is -3.55. The standard InChI is InChI=1S/C23H17ClF3N3O3S/c24-17-8-10-18(11-9-17)34(32,33)22(15-6-4-14(13-28)5-7-15)30-19-3-1-2-16(12-20(29)31)21(19)23(25,26)27/h1-11,22,30H,12H2,(H2,29,31). The van der Waals surface area contributed by atoms with Crippen molar-refractivity contribution in [2.75, 3.05) is 5.32 Å².